The standard InChI is InChI=1S/C20H27N5O2S.C19H25N5O2S/c1-14-15(2)22-19(27-4)18(21-14)23(3)20(26)25-12-10-24(11-13-25)16-8-6-7-9-17(16)28-5;1-13-14(2)21-18(26-3)17(20-13)22-19(25)24-11-9-23(10-12-24)15-7-5-6-8-16(15)27-4/h6-9H,10-13H2,1-5H3;5-8H,9-12H2,1-4H3,(H,20,22,25). The van der Waals surface area contributed by atoms with Crippen LogP contribution >= 0.6 is 23.5 Å². The van der Waals surface area contributed by atoms with Crippen molar-refractivity contribution in [2.75, 3.05) is 106 Å². The molecule has 0 radical (unpaired) electrons. The number of carbonyl (C=O) groups is 2. The fourth-order valence-electron chi connectivity index (χ4n) is 6.29. The van der Waals surface area contributed by atoms with Crippen LogP contribution in [0.2, 0.25) is 0 Å². The molecule has 2 saturated heterocycles. The SMILES string of the molecule is COc1nc(C)c(C)nc1N(C)C(=O)N1CCN(c2ccccc2SC)CC1.COc1nc(C)c(C)nc1NC(=O)N1CCN(c2ccccc2SC)CC1. The lowest BCUT2D eigenvalue weighted by Gasteiger charge is -2.38. The van der Waals surface area contributed by atoms with Crippen molar-refractivity contribution in [1.29, 1.82) is 0 Å². The monoisotopic (exact) mass is 788 g/mol. The Morgan fingerprint density at radius 2 is 1.07 bits per heavy atom. The zero-order chi connectivity index (χ0) is 39.6. The largest absolute Gasteiger partial charge is 0.478 e. The van der Waals surface area contributed by atoms with E-state index in [0.717, 1.165) is 49.0 Å². The molecule has 4 aromatic rings. The number of nitrogens with one attached hydrogen (secondary N) is 1. The quantitative estimate of drug-likeness (QED) is 0.199. The summed E-state index contributed by atoms with van der Waals surface area (Å²) >= 11 is 3.49. The van der Waals surface area contributed by atoms with Gasteiger partial charge in [-0.15, -0.1) is 23.5 Å². The lowest BCUT2D eigenvalue weighted by molar-refractivity contribution is 0.202. The molecule has 4 heterocycles. The molecule has 0 saturated carbocycles. The predicted octanol–water partition coefficient (Wildman–Crippen LogP) is 6.38. The summed E-state index contributed by atoms with van der Waals surface area (Å²) in [6.45, 7) is 13.3. The smallest absolute Gasteiger partial charge is 0.325 e. The van der Waals surface area contributed by atoms with Gasteiger partial charge in [-0.2, -0.15) is 0 Å². The zero-order valence-corrected chi connectivity index (χ0v) is 34.9. The Labute approximate surface area is 333 Å². The predicted molar refractivity (Wildman–Crippen MR) is 223 cm³/mol. The molecule has 4 amide bonds. The van der Waals surface area contributed by atoms with Crippen molar-refractivity contribution in [1.82, 2.24) is 29.7 Å². The molecule has 0 unspecified atom stereocenters. The third kappa shape index (κ3) is 9.84. The molecule has 0 atom stereocenters. The van der Waals surface area contributed by atoms with E-state index in [-0.39, 0.29) is 12.1 Å². The summed E-state index contributed by atoms with van der Waals surface area (Å²) in [5.74, 6) is 1.51. The van der Waals surface area contributed by atoms with Crippen LogP contribution in [0.5, 0.6) is 11.8 Å². The number of aromatic nitrogens is 4. The highest BCUT2D eigenvalue weighted by atomic mass is 32.2. The van der Waals surface area contributed by atoms with Crippen LogP contribution in [0, 0.1) is 27.7 Å². The summed E-state index contributed by atoms with van der Waals surface area (Å²) < 4.78 is 10.6. The van der Waals surface area contributed by atoms with Crippen LogP contribution in [0.1, 0.15) is 22.8 Å². The van der Waals surface area contributed by atoms with Gasteiger partial charge in [0.15, 0.2) is 11.6 Å². The van der Waals surface area contributed by atoms with Crippen LogP contribution in [0.15, 0.2) is 58.3 Å². The number of methoxy groups -OCH3 is 2. The maximum Gasteiger partial charge on any atom is 0.325 e. The topological polar surface area (TPSA) is 132 Å². The fourth-order valence-corrected chi connectivity index (χ4v) is 7.53. The first-order chi connectivity index (χ1) is 26.5. The van der Waals surface area contributed by atoms with Crippen molar-refractivity contribution in [2.45, 2.75) is 37.5 Å². The third-order valence-electron chi connectivity index (χ3n) is 9.72. The number of ether oxygens (including phenoxy) is 2. The summed E-state index contributed by atoms with van der Waals surface area (Å²) in [6, 6.07) is 16.5. The van der Waals surface area contributed by atoms with Gasteiger partial charge in [-0.25, -0.2) is 29.5 Å². The summed E-state index contributed by atoms with van der Waals surface area (Å²) in [5, 5.41) is 2.84. The number of para-hydroxylation sites is 2. The molecular weight excluding hydrogens is 737 g/mol. The highest BCUT2D eigenvalue weighted by Gasteiger charge is 2.28. The van der Waals surface area contributed by atoms with E-state index in [2.05, 4.69) is 96.1 Å². The summed E-state index contributed by atoms with van der Waals surface area (Å²) in [7, 11) is 4.79. The van der Waals surface area contributed by atoms with Crippen molar-refractivity contribution in [3.8, 4) is 11.8 Å². The third-order valence-corrected chi connectivity index (χ3v) is 11.3. The minimum atomic E-state index is -0.177. The first kappa shape index (κ1) is 41.2. The van der Waals surface area contributed by atoms with Gasteiger partial charge in [0.05, 0.1) is 48.4 Å². The normalized spacial score (nSPS) is 14.2. The summed E-state index contributed by atoms with van der Waals surface area (Å²) in [6.07, 6.45) is 4.17. The molecule has 294 valence electrons. The molecule has 14 nitrogen and oxygen atoms in total. The van der Waals surface area contributed by atoms with Crippen LogP contribution in [0.25, 0.3) is 0 Å². The Morgan fingerprint density at radius 1 is 0.636 bits per heavy atom. The van der Waals surface area contributed by atoms with Crippen molar-refractivity contribution in [3.05, 3.63) is 71.3 Å². The number of benzene rings is 2. The van der Waals surface area contributed by atoms with Crippen molar-refractivity contribution in [2.24, 2.45) is 0 Å². The van der Waals surface area contributed by atoms with E-state index in [1.165, 1.54) is 33.2 Å². The Hall–Kier alpha value is -4.96. The minimum absolute atomic E-state index is 0.0892. The number of aryl methyl sites for hydroxylation is 4. The Bertz CT molecular complexity index is 1950. The molecule has 2 aromatic carbocycles. The molecule has 2 aliphatic rings. The Balaban J connectivity index is 0.000000211. The molecule has 0 aliphatic carbocycles. The average Bonchev–Trinajstić information content (AvgIpc) is 3.22. The number of anilines is 4. The molecule has 1 N–H and O–H groups in total. The molecule has 0 spiro atoms. The molecular formula is C39H52N10O4S2. The number of hydrogen-bond acceptors (Lipinski definition) is 12. The Kier molecular flexibility index (Phi) is 14.3. The molecule has 55 heavy (non-hydrogen) atoms. The van der Waals surface area contributed by atoms with E-state index in [0.29, 0.717) is 49.6 Å². The Morgan fingerprint density at radius 3 is 1.56 bits per heavy atom. The molecule has 2 aromatic heterocycles. The van der Waals surface area contributed by atoms with Crippen molar-refractivity contribution in [3.63, 3.8) is 0 Å². The fraction of sp³-hybridized carbons (Fsp3) is 0.436. The number of carbonyl (C=O) groups excluding carboxylic acids is 2. The van der Waals surface area contributed by atoms with Gasteiger partial charge in [0, 0.05) is 69.2 Å². The van der Waals surface area contributed by atoms with E-state index in [1.807, 2.05) is 32.6 Å². The molecule has 6 rings (SSSR count). The van der Waals surface area contributed by atoms with Gasteiger partial charge in [0.25, 0.3) is 11.8 Å². The highest BCUT2D eigenvalue weighted by Crippen LogP contribution is 2.31. The number of thioether (sulfide) groups is 2. The number of piperazine rings is 2. The number of rotatable bonds is 8. The molecule has 2 aliphatic heterocycles. The maximum atomic E-state index is 13.0. The van der Waals surface area contributed by atoms with Gasteiger partial charge >= 0.3 is 12.1 Å². The van der Waals surface area contributed by atoms with Crippen LogP contribution < -0.4 is 29.5 Å². The van der Waals surface area contributed by atoms with Gasteiger partial charge in [0.2, 0.25) is 0 Å². The van der Waals surface area contributed by atoms with Crippen molar-refractivity contribution >= 4 is 58.6 Å². The zero-order valence-electron chi connectivity index (χ0n) is 33.3. The van der Waals surface area contributed by atoms with Crippen LogP contribution in [0.4, 0.5) is 32.6 Å². The second kappa shape index (κ2) is 19.1. The van der Waals surface area contributed by atoms with E-state index in [1.54, 1.807) is 42.6 Å². The first-order valence-electron chi connectivity index (χ1n) is 18.1. The minimum Gasteiger partial charge on any atom is -0.478 e. The molecule has 2 fully saturated rings. The second-order valence-electron chi connectivity index (χ2n) is 13.0. The number of amides is 4. The summed E-state index contributed by atoms with van der Waals surface area (Å²) in [4.78, 5) is 55.7. The average molecular weight is 789 g/mol. The lowest BCUT2D eigenvalue weighted by atomic mass is 10.2. The number of hydrogen-bond donors (Lipinski definition) is 1. The first-order valence-corrected chi connectivity index (χ1v) is 20.6. The van der Waals surface area contributed by atoms with Gasteiger partial charge in [0.1, 0.15) is 0 Å². The maximum absolute atomic E-state index is 13.0. The molecule has 0 bridgehead atoms. The van der Waals surface area contributed by atoms with Crippen LogP contribution in [-0.2, 0) is 0 Å². The van der Waals surface area contributed by atoms with Gasteiger partial charge in [-0.1, -0.05) is 24.3 Å². The highest BCUT2D eigenvalue weighted by molar-refractivity contribution is 7.99. The van der Waals surface area contributed by atoms with E-state index in [9.17, 15) is 9.59 Å². The summed E-state index contributed by atoms with van der Waals surface area (Å²) in [5.41, 5.74) is 5.59. The second-order valence-corrected chi connectivity index (χ2v) is 14.7. The van der Waals surface area contributed by atoms with Gasteiger partial charge in [-0.05, 0) is 64.5 Å². The van der Waals surface area contributed by atoms with E-state index < -0.39 is 0 Å². The van der Waals surface area contributed by atoms with E-state index >= 15 is 0 Å². The lowest BCUT2D eigenvalue weighted by Crippen LogP contribution is -2.52. The van der Waals surface area contributed by atoms with Crippen molar-refractivity contribution < 1.29 is 19.1 Å². The van der Waals surface area contributed by atoms with Gasteiger partial charge in [-0.3, -0.25) is 10.2 Å². The number of nitrogens with zero attached hydrogens (tertiary/aromatic N) is 9. The van der Waals surface area contributed by atoms with Crippen LogP contribution in [0.3, 0.4) is 0 Å². The number of urea groups is 2. The molecule has 16 heteroatoms. The van der Waals surface area contributed by atoms with Gasteiger partial charge < -0.3 is 29.1 Å². The van der Waals surface area contributed by atoms with Crippen LogP contribution in [-0.4, -0.2) is 128 Å². The van der Waals surface area contributed by atoms with E-state index in [4.69, 9.17) is 9.47 Å².